The highest BCUT2D eigenvalue weighted by molar-refractivity contribution is 9.10. The van der Waals surface area contributed by atoms with Crippen LogP contribution in [0.4, 0.5) is 11.8 Å². The number of nitrogen functional groups attached to an aromatic ring is 1. The van der Waals surface area contributed by atoms with Gasteiger partial charge in [0.2, 0.25) is 5.95 Å². The van der Waals surface area contributed by atoms with Gasteiger partial charge in [-0.05, 0) is 28.3 Å². The zero-order valence-corrected chi connectivity index (χ0v) is 11.1. The maximum absolute atomic E-state index is 5.62. The Morgan fingerprint density at radius 3 is 2.47 bits per heavy atom. The molecule has 0 saturated carbocycles. The van der Waals surface area contributed by atoms with Crippen molar-refractivity contribution in [2.45, 2.75) is 33.7 Å². The molecule has 15 heavy (non-hydrogen) atoms. The average Bonchev–Trinajstić information content (AvgIpc) is 1.99. The summed E-state index contributed by atoms with van der Waals surface area (Å²) in [7, 11) is 0. The molecular formula is C10H17BrN4. The first-order chi connectivity index (χ1) is 6.79. The van der Waals surface area contributed by atoms with Crippen LogP contribution in [-0.4, -0.2) is 16.0 Å². The number of aromatic nitrogens is 2. The summed E-state index contributed by atoms with van der Waals surface area (Å²) in [5, 5.41) is 3.23. The monoisotopic (exact) mass is 272 g/mol. The SMILES string of the molecule is CC(Nc1nc(N)cc(Br)n1)C(C)(C)C. The first kappa shape index (κ1) is 12.2. The Morgan fingerprint density at radius 1 is 1.40 bits per heavy atom. The summed E-state index contributed by atoms with van der Waals surface area (Å²) in [4.78, 5) is 8.32. The average molecular weight is 273 g/mol. The van der Waals surface area contributed by atoms with Crippen LogP contribution in [0.2, 0.25) is 0 Å². The third-order valence-corrected chi connectivity index (χ3v) is 2.77. The Hall–Kier alpha value is -0.840. The first-order valence-electron chi connectivity index (χ1n) is 4.85. The van der Waals surface area contributed by atoms with Gasteiger partial charge < -0.3 is 11.1 Å². The number of hydrogen-bond acceptors (Lipinski definition) is 4. The largest absolute Gasteiger partial charge is 0.383 e. The van der Waals surface area contributed by atoms with E-state index >= 15 is 0 Å². The number of hydrogen-bond donors (Lipinski definition) is 2. The molecule has 1 rings (SSSR count). The van der Waals surface area contributed by atoms with Crippen LogP contribution < -0.4 is 11.1 Å². The minimum Gasteiger partial charge on any atom is -0.383 e. The molecule has 0 aliphatic carbocycles. The molecule has 1 heterocycles. The van der Waals surface area contributed by atoms with E-state index in [1.54, 1.807) is 6.07 Å². The molecule has 4 nitrogen and oxygen atoms in total. The second-order valence-corrected chi connectivity index (χ2v) is 5.48. The summed E-state index contributed by atoms with van der Waals surface area (Å²) in [5.74, 6) is 1.02. The number of anilines is 2. The maximum Gasteiger partial charge on any atom is 0.225 e. The van der Waals surface area contributed by atoms with E-state index in [2.05, 4.69) is 58.9 Å². The van der Waals surface area contributed by atoms with Crippen LogP contribution in [0.3, 0.4) is 0 Å². The molecular weight excluding hydrogens is 256 g/mol. The predicted molar refractivity (Wildman–Crippen MR) is 66.7 cm³/mol. The molecule has 1 unspecified atom stereocenters. The van der Waals surface area contributed by atoms with E-state index in [0.29, 0.717) is 16.4 Å². The van der Waals surface area contributed by atoms with Crippen molar-refractivity contribution in [3.05, 3.63) is 10.7 Å². The molecule has 1 aromatic heterocycles. The highest BCUT2D eigenvalue weighted by atomic mass is 79.9. The molecule has 0 fully saturated rings. The zero-order chi connectivity index (χ0) is 11.6. The van der Waals surface area contributed by atoms with Crippen LogP contribution >= 0.6 is 15.9 Å². The fraction of sp³-hybridized carbons (Fsp3) is 0.600. The fourth-order valence-corrected chi connectivity index (χ4v) is 1.31. The van der Waals surface area contributed by atoms with Crippen LogP contribution in [0, 0.1) is 5.41 Å². The minimum atomic E-state index is 0.153. The summed E-state index contributed by atoms with van der Waals surface area (Å²) in [5.41, 5.74) is 5.78. The number of nitrogens with one attached hydrogen (secondary N) is 1. The molecule has 0 aliphatic rings. The Kier molecular flexibility index (Phi) is 3.54. The summed E-state index contributed by atoms with van der Waals surface area (Å²) in [6, 6.07) is 1.94. The molecule has 0 amide bonds. The van der Waals surface area contributed by atoms with Gasteiger partial charge in [-0.25, -0.2) is 4.98 Å². The summed E-state index contributed by atoms with van der Waals surface area (Å²) in [6.07, 6.45) is 0. The Balaban J connectivity index is 2.81. The molecule has 1 atom stereocenters. The third kappa shape index (κ3) is 3.66. The van der Waals surface area contributed by atoms with Crippen molar-refractivity contribution in [1.82, 2.24) is 9.97 Å². The van der Waals surface area contributed by atoms with Crippen LogP contribution in [0.25, 0.3) is 0 Å². The van der Waals surface area contributed by atoms with E-state index < -0.39 is 0 Å². The number of nitrogens with two attached hydrogens (primary N) is 1. The van der Waals surface area contributed by atoms with E-state index in [1.807, 2.05) is 0 Å². The van der Waals surface area contributed by atoms with Gasteiger partial charge in [0.25, 0.3) is 0 Å². The van der Waals surface area contributed by atoms with Gasteiger partial charge in [0.1, 0.15) is 10.4 Å². The van der Waals surface area contributed by atoms with Crippen molar-refractivity contribution in [2.24, 2.45) is 5.41 Å². The molecule has 1 aromatic rings. The first-order valence-corrected chi connectivity index (χ1v) is 5.65. The lowest BCUT2D eigenvalue weighted by Crippen LogP contribution is -2.31. The van der Waals surface area contributed by atoms with Gasteiger partial charge in [0, 0.05) is 12.1 Å². The van der Waals surface area contributed by atoms with Gasteiger partial charge in [-0.3, -0.25) is 0 Å². The van der Waals surface area contributed by atoms with E-state index in [0.717, 1.165) is 0 Å². The molecule has 0 saturated heterocycles. The minimum absolute atomic E-state index is 0.153. The van der Waals surface area contributed by atoms with Gasteiger partial charge >= 0.3 is 0 Å². The van der Waals surface area contributed by atoms with E-state index in [9.17, 15) is 0 Å². The Bertz CT molecular complexity index is 326. The van der Waals surface area contributed by atoms with Gasteiger partial charge in [-0.1, -0.05) is 20.8 Å². The topological polar surface area (TPSA) is 63.8 Å². The standard InChI is InChI=1S/C10H17BrN4/c1-6(10(2,3)4)13-9-14-7(11)5-8(12)15-9/h5-6H,1-4H3,(H3,12,13,14,15). The summed E-state index contributed by atoms with van der Waals surface area (Å²) >= 11 is 3.28. The lowest BCUT2D eigenvalue weighted by molar-refractivity contribution is 0.358. The Labute approximate surface area is 98.8 Å². The lowest BCUT2D eigenvalue weighted by atomic mass is 9.88. The Morgan fingerprint density at radius 2 is 2.00 bits per heavy atom. The van der Waals surface area contributed by atoms with Crippen molar-refractivity contribution in [3.63, 3.8) is 0 Å². The second kappa shape index (κ2) is 4.35. The van der Waals surface area contributed by atoms with Crippen molar-refractivity contribution in [1.29, 1.82) is 0 Å². The fourth-order valence-electron chi connectivity index (χ4n) is 0.910. The summed E-state index contributed by atoms with van der Waals surface area (Å²) in [6.45, 7) is 8.57. The van der Waals surface area contributed by atoms with Crippen LogP contribution in [0.15, 0.2) is 10.7 Å². The normalized spacial score (nSPS) is 13.7. The molecule has 0 aromatic carbocycles. The van der Waals surface area contributed by atoms with E-state index in [4.69, 9.17) is 5.73 Å². The van der Waals surface area contributed by atoms with Crippen molar-refractivity contribution in [2.75, 3.05) is 11.1 Å². The predicted octanol–water partition coefficient (Wildman–Crippen LogP) is 2.67. The van der Waals surface area contributed by atoms with Gasteiger partial charge in [0.15, 0.2) is 0 Å². The number of rotatable bonds is 2. The van der Waals surface area contributed by atoms with Gasteiger partial charge in [0.05, 0.1) is 0 Å². The maximum atomic E-state index is 5.62. The third-order valence-electron chi connectivity index (χ3n) is 2.36. The van der Waals surface area contributed by atoms with Gasteiger partial charge in [-0.2, -0.15) is 4.98 Å². The van der Waals surface area contributed by atoms with Crippen LogP contribution in [0.1, 0.15) is 27.7 Å². The van der Waals surface area contributed by atoms with Crippen molar-refractivity contribution >= 4 is 27.7 Å². The second-order valence-electron chi connectivity index (χ2n) is 4.67. The molecule has 84 valence electrons. The molecule has 0 aliphatic heterocycles. The number of nitrogens with zero attached hydrogens (tertiary/aromatic N) is 2. The van der Waals surface area contributed by atoms with Crippen LogP contribution in [-0.2, 0) is 0 Å². The molecule has 5 heteroatoms. The van der Waals surface area contributed by atoms with Crippen molar-refractivity contribution < 1.29 is 0 Å². The molecule has 0 spiro atoms. The van der Waals surface area contributed by atoms with E-state index in [-0.39, 0.29) is 11.5 Å². The lowest BCUT2D eigenvalue weighted by Gasteiger charge is -2.28. The zero-order valence-electron chi connectivity index (χ0n) is 9.50. The number of halogens is 1. The summed E-state index contributed by atoms with van der Waals surface area (Å²) < 4.78 is 0.693. The quantitative estimate of drug-likeness (QED) is 0.813. The highest BCUT2D eigenvalue weighted by Crippen LogP contribution is 2.22. The molecule has 3 N–H and O–H groups in total. The van der Waals surface area contributed by atoms with Crippen LogP contribution in [0.5, 0.6) is 0 Å². The molecule has 0 bridgehead atoms. The molecule has 0 radical (unpaired) electrons. The van der Waals surface area contributed by atoms with Crippen molar-refractivity contribution in [3.8, 4) is 0 Å². The highest BCUT2D eigenvalue weighted by Gasteiger charge is 2.20. The smallest absolute Gasteiger partial charge is 0.225 e. The van der Waals surface area contributed by atoms with E-state index in [1.165, 1.54) is 0 Å². The van der Waals surface area contributed by atoms with Gasteiger partial charge in [-0.15, -0.1) is 0 Å².